The molecule has 0 amide bonds. The zero-order valence-corrected chi connectivity index (χ0v) is 4.59. The molecule has 6 N–H and O–H groups in total. The van der Waals surface area contributed by atoms with Gasteiger partial charge < -0.3 is 0 Å². The zero-order valence-electron chi connectivity index (χ0n) is 3.77. The van der Waals surface area contributed by atoms with E-state index in [1.165, 1.54) is 4.83 Å². The number of nitrogens with two attached hydrogens (primary N) is 2. The van der Waals surface area contributed by atoms with Crippen molar-refractivity contribution >= 4 is 10.3 Å². The van der Waals surface area contributed by atoms with Gasteiger partial charge >= 0.3 is 10.3 Å². The highest BCUT2D eigenvalue weighted by molar-refractivity contribution is 7.83. The third kappa shape index (κ3) is 5.75. The van der Waals surface area contributed by atoms with E-state index in [1.54, 1.807) is 0 Å². The molecular formula is H6N4O3S. The standard InChI is InChI=1S/H6N4O3S/c1-4(2)3-8(5,6)7/h3H,1-2H2,(H,5,6,7). The fourth-order valence-corrected chi connectivity index (χ4v) is 0.400. The normalized spacial score (nSPS) is 12.5. The summed E-state index contributed by atoms with van der Waals surface area (Å²) in [5, 5.41) is 0.120. The Morgan fingerprint density at radius 1 is 1.50 bits per heavy atom. The molecule has 0 saturated carbocycles. The molecule has 0 aromatic carbocycles. The van der Waals surface area contributed by atoms with Crippen molar-refractivity contribution in [1.29, 1.82) is 0 Å². The van der Waals surface area contributed by atoms with Crippen LogP contribution in [0, 0.1) is 0 Å². The number of rotatable bonds is 2. The Hall–Kier alpha value is -0.250. The lowest BCUT2D eigenvalue weighted by molar-refractivity contribution is 0.244. The Morgan fingerprint density at radius 2 is 1.88 bits per heavy atom. The molecule has 7 nitrogen and oxygen atoms in total. The molecular weight excluding hydrogens is 136 g/mol. The molecule has 0 spiro atoms. The van der Waals surface area contributed by atoms with E-state index in [-0.39, 0.29) is 5.23 Å². The van der Waals surface area contributed by atoms with E-state index in [1.807, 2.05) is 0 Å². The molecule has 8 heteroatoms. The summed E-state index contributed by atoms with van der Waals surface area (Å²) in [7, 11) is -4.30. The molecule has 8 heavy (non-hydrogen) atoms. The molecule has 0 atom stereocenters. The highest BCUT2D eigenvalue weighted by atomic mass is 32.2. The lowest BCUT2D eigenvalue weighted by Crippen LogP contribution is -2.51. The first-order valence-corrected chi connectivity index (χ1v) is 2.90. The Bertz CT molecular complexity index is 145. The van der Waals surface area contributed by atoms with E-state index in [9.17, 15) is 8.42 Å². The van der Waals surface area contributed by atoms with E-state index in [4.69, 9.17) is 4.55 Å². The maximum Gasteiger partial charge on any atom is 0.348 e. The number of nitrogens with zero attached hydrogens (tertiary/aromatic N) is 1. The number of nitrogens with one attached hydrogen (secondary N) is 1. The molecule has 0 radical (unpaired) electrons. The average molecular weight is 142 g/mol. The molecule has 0 saturated heterocycles. The minimum absolute atomic E-state index is 0.120. The first-order chi connectivity index (χ1) is 3.42. The third-order valence-corrected chi connectivity index (χ3v) is 0.662. The molecule has 0 bridgehead atoms. The maximum absolute atomic E-state index is 9.68. The van der Waals surface area contributed by atoms with Crippen molar-refractivity contribution in [3.05, 3.63) is 0 Å². The lowest BCUT2D eigenvalue weighted by Gasteiger charge is -2.05. The van der Waals surface area contributed by atoms with Crippen LogP contribution in [0.25, 0.3) is 0 Å². The number of hydrogen-bond donors (Lipinski definition) is 4. The fraction of sp³-hybridized carbons (Fsp3) is 0. The first-order valence-electron chi connectivity index (χ1n) is 1.46. The van der Waals surface area contributed by atoms with Gasteiger partial charge in [-0.1, -0.05) is 4.83 Å². The Balaban J connectivity index is 3.75. The van der Waals surface area contributed by atoms with Crippen LogP contribution in [-0.4, -0.2) is 18.2 Å². The lowest BCUT2D eigenvalue weighted by atomic mass is 12.3. The van der Waals surface area contributed by atoms with Gasteiger partial charge in [0.2, 0.25) is 0 Å². The summed E-state index contributed by atoms with van der Waals surface area (Å²) in [6.07, 6.45) is 0. The molecule has 50 valence electrons. The van der Waals surface area contributed by atoms with Gasteiger partial charge in [0, 0.05) is 0 Å². The van der Waals surface area contributed by atoms with E-state index >= 15 is 0 Å². The molecule has 0 aliphatic heterocycles. The van der Waals surface area contributed by atoms with Crippen molar-refractivity contribution in [2.75, 3.05) is 0 Å². The van der Waals surface area contributed by atoms with Crippen molar-refractivity contribution in [2.24, 2.45) is 11.7 Å². The monoisotopic (exact) mass is 142 g/mol. The Morgan fingerprint density at radius 3 is 1.88 bits per heavy atom. The molecule has 0 aliphatic rings. The second-order valence-electron chi connectivity index (χ2n) is 0.974. The van der Waals surface area contributed by atoms with Gasteiger partial charge in [-0.05, 0) is 0 Å². The van der Waals surface area contributed by atoms with Gasteiger partial charge in [0.15, 0.2) is 0 Å². The van der Waals surface area contributed by atoms with Crippen LogP contribution in [0.1, 0.15) is 0 Å². The van der Waals surface area contributed by atoms with Crippen LogP contribution in [0.2, 0.25) is 0 Å². The fourth-order valence-electron chi connectivity index (χ4n) is 0.133. The second-order valence-corrected chi connectivity index (χ2v) is 2.11. The Kier molecular flexibility index (Phi) is 2.27. The van der Waals surface area contributed by atoms with Gasteiger partial charge in [-0.2, -0.15) is 8.42 Å². The summed E-state index contributed by atoms with van der Waals surface area (Å²) in [5.41, 5.74) is 0. The molecule has 0 rings (SSSR count). The van der Waals surface area contributed by atoms with Gasteiger partial charge in [0.1, 0.15) is 0 Å². The zero-order chi connectivity index (χ0) is 6.78. The summed E-state index contributed by atoms with van der Waals surface area (Å²) >= 11 is 0. The van der Waals surface area contributed by atoms with Crippen molar-refractivity contribution in [2.45, 2.75) is 0 Å². The summed E-state index contributed by atoms with van der Waals surface area (Å²) in [6.45, 7) is 0. The summed E-state index contributed by atoms with van der Waals surface area (Å²) in [6, 6.07) is 0. The van der Waals surface area contributed by atoms with Crippen molar-refractivity contribution in [1.82, 2.24) is 10.1 Å². The van der Waals surface area contributed by atoms with E-state index in [0.29, 0.717) is 0 Å². The highest BCUT2D eigenvalue weighted by Crippen LogP contribution is 1.66. The van der Waals surface area contributed by atoms with E-state index in [2.05, 4.69) is 11.7 Å². The largest absolute Gasteiger partial charge is 0.348 e. The minimum Gasteiger partial charge on any atom is -0.272 e. The molecule has 0 aromatic rings. The first kappa shape index (κ1) is 7.75. The average Bonchev–Trinajstić information content (AvgIpc) is 1.21. The topological polar surface area (TPSA) is 122 Å². The summed E-state index contributed by atoms with van der Waals surface area (Å²) < 4.78 is 27.2. The highest BCUT2D eigenvalue weighted by Gasteiger charge is 2.02. The molecule has 0 fully saturated rings. The summed E-state index contributed by atoms with van der Waals surface area (Å²) in [4.78, 5) is 1.30. The van der Waals surface area contributed by atoms with Crippen LogP contribution in [0.15, 0.2) is 0 Å². The van der Waals surface area contributed by atoms with Crippen molar-refractivity contribution in [3.63, 3.8) is 0 Å². The predicted octanol–water partition coefficient (Wildman–Crippen LogP) is -2.66. The van der Waals surface area contributed by atoms with Crippen LogP contribution >= 0.6 is 0 Å². The Labute approximate surface area is 46.0 Å². The van der Waals surface area contributed by atoms with E-state index < -0.39 is 10.3 Å². The second kappa shape index (κ2) is 2.35. The predicted molar refractivity (Wildman–Crippen MR) is 24.9 cm³/mol. The number of hydrazine groups is 3. The minimum atomic E-state index is -4.30. The van der Waals surface area contributed by atoms with Crippen molar-refractivity contribution < 1.29 is 13.0 Å². The van der Waals surface area contributed by atoms with Crippen LogP contribution in [0.5, 0.6) is 0 Å². The molecule has 0 heterocycles. The van der Waals surface area contributed by atoms with Gasteiger partial charge in [-0.15, -0.1) is 5.23 Å². The van der Waals surface area contributed by atoms with Crippen LogP contribution in [0.4, 0.5) is 0 Å². The smallest absolute Gasteiger partial charge is 0.272 e. The van der Waals surface area contributed by atoms with Gasteiger partial charge in [0.25, 0.3) is 0 Å². The van der Waals surface area contributed by atoms with Gasteiger partial charge in [-0.3, -0.25) is 4.55 Å². The van der Waals surface area contributed by atoms with E-state index in [0.717, 1.165) is 0 Å². The molecule has 0 unspecified atom stereocenters. The number of hydrogen-bond acceptors (Lipinski definition) is 5. The van der Waals surface area contributed by atoms with Crippen molar-refractivity contribution in [3.8, 4) is 0 Å². The van der Waals surface area contributed by atoms with Crippen LogP contribution in [-0.2, 0) is 10.3 Å². The van der Waals surface area contributed by atoms with Crippen LogP contribution in [0.3, 0.4) is 0 Å². The third-order valence-electron chi connectivity index (χ3n) is 0.221. The van der Waals surface area contributed by atoms with Crippen LogP contribution < -0.4 is 16.5 Å². The molecule has 0 aliphatic carbocycles. The quantitative estimate of drug-likeness (QED) is 0.190. The molecule has 0 aromatic heterocycles. The van der Waals surface area contributed by atoms with Gasteiger partial charge in [-0.25, -0.2) is 11.7 Å². The SMILES string of the molecule is NN(N)NS(=O)(=O)O. The summed E-state index contributed by atoms with van der Waals surface area (Å²) in [5.74, 6) is 9.08. The maximum atomic E-state index is 9.68. The van der Waals surface area contributed by atoms with Gasteiger partial charge in [0.05, 0.1) is 0 Å².